The van der Waals surface area contributed by atoms with Crippen molar-refractivity contribution in [3.8, 4) is 0 Å². The first-order valence-electron chi connectivity index (χ1n) is 3.46. The van der Waals surface area contributed by atoms with Crippen LogP contribution in [0.1, 0.15) is 12.8 Å². The van der Waals surface area contributed by atoms with E-state index in [1.807, 2.05) is 0 Å². The molecule has 1 unspecified atom stereocenters. The molecule has 0 amide bonds. The molecule has 4 heteroatoms. The number of hydrogen-bond donors (Lipinski definition) is 1. The first kappa shape index (κ1) is 8.59. The normalized spacial score (nSPS) is 19.1. The number of thiol groups is 1. The molecule has 1 atom stereocenters. The largest absolute Gasteiger partial charge is 0.468 e. The Labute approximate surface area is 70.5 Å². The number of carbonyl (C=O) groups excluding carboxylic acids is 2. The molecule has 0 aromatic rings. The van der Waals surface area contributed by atoms with Gasteiger partial charge in [0.15, 0.2) is 11.0 Å². The van der Waals surface area contributed by atoms with Gasteiger partial charge in [-0.1, -0.05) is 0 Å². The Morgan fingerprint density at radius 2 is 2.09 bits per heavy atom. The van der Waals surface area contributed by atoms with E-state index in [2.05, 4.69) is 17.4 Å². The van der Waals surface area contributed by atoms with Gasteiger partial charge in [0.25, 0.3) is 0 Å². The van der Waals surface area contributed by atoms with E-state index in [1.54, 1.807) is 0 Å². The first-order chi connectivity index (χ1) is 5.16. The van der Waals surface area contributed by atoms with Gasteiger partial charge in [-0.3, -0.25) is 9.59 Å². The van der Waals surface area contributed by atoms with Crippen molar-refractivity contribution in [3.05, 3.63) is 0 Å². The molecule has 0 aromatic carbocycles. The Hall–Kier alpha value is -0.510. The summed E-state index contributed by atoms with van der Waals surface area (Å²) in [7, 11) is 1.26. The fraction of sp³-hybridized carbons (Fsp3) is 0.714. The summed E-state index contributed by atoms with van der Waals surface area (Å²) in [6.45, 7) is 0. The van der Waals surface area contributed by atoms with Gasteiger partial charge in [0, 0.05) is 5.92 Å². The molecule has 0 radical (unpaired) electrons. The fourth-order valence-electron chi connectivity index (χ4n) is 0.819. The minimum Gasteiger partial charge on any atom is -0.468 e. The lowest BCUT2D eigenvalue weighted by Gasteiger charge is -2.04. The molecule has 3 nitrogen and oxygen atoms in total. The summed E-state index contributed by atoms with van der Waals surface area (Å²) in [5.41, 5.74) is 0. The van der Waals surface area contributed by atoms with Crippen molar-refractivity contribution in [3.63, 3.8) is 0 Å². The van der Waals surface area contributed by atoms with Crippen LogP contribution in [-0.4, -0.2) is 24.1 Å². The predicted molar refractivity (Wildman–Crippen MR) is 42.5 cm³/mol. The highest BCUT2D eigenvalue weighted by molar-refractivity contribution is 7.82. The lowest BCUT2D eigenvalue weighted by molar-refractivity contribution is -0.142. The van der Waals surface area contributed by atoms with Crippen LogP contribution in [0.15, 0.2) is 0 Å². The number of ether oxygens (including phenoxy) is 1. The number of hydrogen-bond acceptors (Lipinski definition) is 4. The third kappa shape index (κ3) is 1.96. The Morgan fingerprint density at radius 1 is 1.55 bits per heavy atom. The second kappa shape index (κ2) is 3.26. The minimum absolute atomic E-state index is 0.0663. The van der Waals surface area contributed by atoms with Gasteiger partial charge >= 0.3 is 5.97 Å². The van der Waals surface area contributed by atoms with Gasteiger partial charge in [0.1, 0.15) is 0 Å². The highest BCUT2D eigenvalue weighted by atomic mass is 32.1. The lowest BCUT2D eigenvalue weighted by atomic mass is 10.2. The number of methoxy groups -OCH3 is 1. The molecule has 0 bridgehead atoms. The number of Topliss-reactive ketones (excluding diaryl/α,β-unsaturated/α-hetero) is 1. The highest BCUT2D eigenvalue weighted by Crippen LogP contribution is 2.32. The van der Waals surface area contributed by atoms with Gasteiger partial charge in [0.2, 0.25) is 0 Å². The molecule has 1 fully saturated rings. The van der Waals surface area contributed by atoms with E-state index in [1.165, 1.54) is 7.11 Å². The second-order valence-electron chi connectivity index (χ2n) is 2.60. The molecule has 1 aliphatic rings. The average Bonchev–Trinajstić information content (AvgIpc) is 2.82. The van der Waals surface area contributed by atoms with Gasteiger partial charge in [-0.25, -0.2) is 0 Å². The van der Waals surface area contributed by atoms with Crippen molar-refractivity contribution in [2.75, 3.05) is 7.11 Å². The summed E-state index contributed by atoms with van der Waals surface area (Å²) < 4.78 is 4.37. The average molecular weight is 174 g/mol. The molecule has 0 N–H and O–H groups in total. The van der Waals surface area contributed by atoms with Crippen molar-refractivity contribution in [1.29, 1.82) is 0 Å². The molecular weight excluding hydrogens is 164 g/mol. The highest BCUT2D eigenvalue weighted by Gasteiger charge is 2.36. The van der Waals surface area contributed by atoms with Gasteiger partial charge in [-0.2, -0.15) is 12.6 Å². The van der Waals surface area contributed by atoms with Crippen LogP contribution >= 0.6 is 12.6 Å². The van der Waals surface area contributed by atoms with E-state index >= 15 is 0 Å². The van der Waals surface area contributed by atoms with E-state index in [9.17, 15) is 9.59 Å². The number of rotatable bonds is 3. The summed E-state index contributed by atoms with van der Waals surface area (Å²) >= 11 is 3.86. The predicted octanol–water partition coefficient (Wildman–Crippen LogP) is 0.437. The zero-order valence-electron chi connectivity index (χ0n) is 6.24. The van der Waals surface area contributed by atoms with E-state index in [4.69, 9.17) is 0 Å². The van der Waals surface area contributed by atoms with E-state index in [-0.39, 0.29) is 11.7 Å². The molecule has 11 heavy (non-hydrogen) atoms. The van der Waals surface area contributed by atoms with Crippen LogP contribution in [0.3, 0.4) is 0 Å². The van der Waals surface area contributed by atoms with Gasteiger partial charge in [-0.15, -0.1) is 0 Å². The lowest BCUT2D eigenvalue weighted by Crippen LogP contribution is -2.27. The smallest absolute Gasteiger partial charge is 0.326 e. The van der Waals surface area contributed by atoms with Crippen LogP contribution in [0.25, 0.3) is 0 Å². The fourth-order valence-corrected chi connectivity index (χ4v) is 1.14. The zero-order valence-corrected chi connectivity index (χ0v) is 7.14. The zero-order chi connectivity index (χ0) is 8.43. The van der Waals surface area contributed by atoms with Crippen molar-refractivity contribution in [2.45, 2.75) is 18.1 Å². The second-order valence-corrected chi connectivity index (χ2v) is 3.12. The first-order valence-corrected chi connectivity index (χ1v) is 3.98. The number of ketones is 1. The summed E-state index contributed by atoms with van der Waals surface area (Å²) in [5, 5.41) is -0.868. The molecule has 0 heterocycles. The van der Waals surface area contributed by atoms with Gasteiger partial charge in [0.05, 0.1) is 7.11 Å². The van der Waals surface area contributed by atoms with E-state index < -0.39 is 11.2 Å². The third-order valence-electron chi connectivity index (χ3n) is 1.67. The van der Waals surface area contributed by atoms with Crippen LogP contribution in [0.4, 0.5) is 0 Å². The van der Waals surface area contributed by atoms with Gasteiger partial charge in [-0.05, 0) is 12.8 Å². The van der Waals surface area contributed by atoms with Crippen molar-refractivity contribution in [1.82, 2.24) is 0 Å². The summed E-state index contributed by atoms with van der Waals surface area (Å²) in [5.74, 6) is -0.581. The van der Waals surface area contributed by atoms with Crippen molar-refractivity contribution >= 4 is 24.4 Å². The molecular formula is C7H10O3S. The third-order valence-corrected chi connectivity index (χ3v) is 2.14. The maximum atomic E-state index is 11.1. The van der Waals surface area contributed by atoms with Crippen LogP contribution in [-0.2, 0) is 14.3 Å². The van der Waals surface area contributed by atoms with Crippen molar-refractivity contribution < 1.29 is 14.3 Å². The van der Waals surface area contributed by atoms with Gasteiger partial charge < -0.3 is 4.74 Å². The molecule has 0 saturated heterocycles. The molecule has 1 rings (SSSR count). The molecule has 62 valence electrons. The summed E-state index contributed by atoms with van der Waals surface area (Å²) in [6, 6.07) is 0. The monoisotopic (exact) mass is 174 g/mol. The Balaban J connectivity index is 2.44. The Morgan fingerprint density at radius 3 is 2.45 bits per heavy atom. The molecule has 0 aliphatic heterocycles. The number of esters is 1. The summed E-state index contributed by atoms with van der Waals surface area (Å²) in [4.78, 5) is 21.9. The maximum absolute atomic E-state index is 11.1. The summed E-state index contributed by atoms with van der Waals surface area (Å²) in [6.07, 6.45) is 1.79. The molecule has 0 spiro atoms. The molecule has 0 aromatic heterocycles. The quantitative estimate of drug-likeness (QED) is 0.383. The van der Waals surface area contributed by atoms with E-state index in [0.717, 1.165) is 12.8 Å². The van der Waals surface area contributed by atoms with Crippen LogP contribution in [0.5, 0.6) is 0 Å². The SMILES string of the molecule is COC(=O)C(S)C(=O)C1CC1. The standard InChI is InChI=1S/C7H10O3S/c1-10-7(9)6(11)5(8)4-2-3-4/h4,6,11H,2-3H2,1H3. The van der Waals surface area contributed by atoms with E-state index in [0.29, 0.717) is 0 Å². The van der Waals surface area contributed by atoms with Crippen LogP contribution < -0.4 is 0 Å². The van der Waals surface area contributed by atoms with Crippen molar-refractivity contribution in [2.24, 2.45) is 5.92 Å². The maximum Gasteiger partial charge on any atom is 0.326 e. The van der Waals surface area contributed by atoms with Crippen LogP contribution in [0, 0.1) is 5.92 Å². The Bertz CT molecular complexity index is 186. The molecule has 1 aliphatic carbocycles. The van der Waals surface area contributed by atoms with Crippen LogP contribution in [0.2, 0.25) is 0 Å². The molecule has 1 saturated carbocycles. The number of carbonyl (C=O) groups is 2. The minimum atomic E-state index is -0.868. The topological polar surface area (TPSA) is 43.4 Å². The Kier molecular flexibility index (Phi) is 2.54.